The molecular formula is C11H12ClNO3. The molecule has 1 amide bonds. The van der Waals surface area contributed by atoms with Crippen molar-refractivity contribution in [1.29, 1.82) is 0 Å². The number of amides is 1. The summed E-state index contributed by atoms with van der Waals surface area (Å²) in [5.41, 5.74) is 5.70. The predicted molar refractivity (Wildman–Crippen MR) is 62.8 cm³/mol. The van der Waals surface area contributed by atoms with E-state index in [0.717, 1.165) is 0 Å². The molecule has 1 rings (SSSR count). The van der Waals surface area contributed by atoms with Crippen molar-refractivity contribution in [2.45, 2.75) is 0 Å². The molecule has 4 nitrogen and oxygen atoms in total. The van der Waals surface area contributed by atoms with E-state index in [1.54, 1.807) is 18.2 Å². The van der Waals surface area contributed by atoms with Crippen LogP contribution in [0.15, 0.2) is 18.2 Å². The Kier molecular flexibility index (Phi) is 4.19. The van der Waals surface area contributed by atoms with Crippen LogP contribution in [0.2, 0.25) is 5.02 Å². The molecule has 0 aliphatic carbocycles. The topological polar surface area (TPSA) is 61.5 Å². The van der Waals surface area contributed by atoms with Crippen LogP contribution in [-0.2, 0) is 4.79 Å². The summed E-state index contributed by atoms with van der Waals surface area (Å²) in [6, 6.07) is 3.35. The van der Waals surface area contributed by atoms with Gasteiger partial charge in [0.1, 0.15) is 0 Å². The zero-order valence-corrected chi connectivity index (χ0v) is 9.75. The van der Waals surface area contributed by atoms with E-state index in [1.165, 1.54) is 20.3 Å². The molecule has 0 fully saturated rings. The molecule has 86 valence electrons. The molecule has 0 aliphatic rings. The highest BCUT2D eigenvalue weighted by Gasteiger charge is 2.09. The van der Waals surface area contributed by atoms with Crippen molar-refractivity contribution in [3.8, 4) is 11.5 Å². The minimum atomic E-state index is -0.522. The van der Waals surface area contributed by atoms with Gasteiger partial charge in [-0.05, 0) is 23.8 Å². The highest BCUT2D eigenvalue weighted by atomic mass is 35.5. The molecule has 0 radical (unpaired) electrons. The first-order valence-corrected chi connectivity index (χ1v) is 4.85. The second-order valence-electron chi connectivity index (χ2n) is 2.97. The summed E-state index contributed by atoms with van der Waals surface area (Å²) in [6.07, 6.45) is 2.80. The Morgan fingerprint density at radius 1 is 1.38 bits per heavy atom. The van der Waals surface area contributed by atoms with Gasteiger partial charge in [-0.2, -0.15) is 0 Å². The number of halogens is 1. The third-order valence-electron chi connectivity index (χ3n) is 1.90. The predicted octanol–water partition coefficient (Wildman–Crippen LogP) is 1.86. The van der Waals surface area contributed by atoms with Crippen LogP contribution in [-0.4, -0.2) is 20.1 Å². The molecule has 0 saturated carbocycles. The smallest absolute Gasteiger partial charge is 0.241 e. The normalized spacial score (nSPS) is 10.4. The molecule has 0 aliphatic heterocycles. The van der Waals surface area contributed by atoms with Crippen molar-refractivity contribution in [1.82, 2.24) is 0 Å². The van der Waals surface area contributed by atoms with Gasteiger partial charge in [-0.25, -0.2) is 0 Å². The van der Waals surface area contributed by atoms with E-state index in [-0.39, 0.29) is 0 Å². The molecule has 0 unspecified atom stereocenters. The van der Waals surface area contributed by atoms with E-state index in [9.17, 15) is 4.79 Å². The fourth-order valence-electron chi connectivity index (χ4n) is 1.21. The van der Waals surface area contributed by atoms with E-state index in [2.05, 4.69) is 0 Å². The van der Waals surface area contributed by atoms with Gasteiger partial charge in [-0.3, -0.25) is 4.79 Å². The monoisotopic (exact) mass is 241 g/mol. The Bertz CT molecular complexity index is 429. The van der Waals surface area contributed by atoms with Crippen LogP contribution >= 0.6 is 11.6 Å². The van der Waals surface area contributed by atoms with E-state index in [0.29, 0.717) is 22.1 Å². The summed E-state index contributed by atoms with van der Waals surface area (Å²) in [5, 5.41) is 0.408. The second-order valence-corrected chi connectivity index (χ2v) is 3.38. The molecule has 5 heteroatoms. The first-order valence-electron chi connectivity index (χ1n) is 4.47. The quantitative estimate of drug-likeness (QED) is 0.819. The Hall–Kier alpha value is -1.68. The van der Waals surface area contributed by atoms with Gasteiger partial charge in [0.15, 0.2) is 11.5 Å². The average Bonchev–Trinajstić information content (AvgIpc) is 2.25. The zero-order valence-electron chi connectivity index (χ0n) is 8.99. The van der Waals surface area contributed by atoms with Gasteiger partial charge in [-0.15, -0.1) is 0 Å². The van der Waals surface area contributed by atoms with Crippen molar-refractivity contribution >= 4 is 23.6 Å². The molecule has 16 heavy (non-hydrogen) atoms. The van der Waals surface area contributed by atoms with Gasteiger partial charge in [0.05, 0.1) is 19.2 Å². The summed E-state index contributed by atoms with van der Waals surface area (Å²) >= 11 is 5.97. The van der Waals surface area contributed by atoms with Gasteiger partial charge < -0.3 is 15.2 Å². The molecule has 0 atom stereocenters. The minimum Gasteiger partial charge on any atom is -0.493 e. The van der Waals surface area contributed by atoms with Crippen LogP contribution < -0.4 is 15.2 Å². The number of methoxy groups -OCH3 is 2. The fraction of sp³-hybridized carbons (Fsp3) is 0.182. The van der Waals surface area contributed by atoms with Crippen LogP contribution in [0.3, 0.4) is 0 Å². The van der Waals surface area contributed by atoms with Crippen LogP contribution in [0.1, 0.15) is 5.56 Å². The Labute approximate surface area is 98.6 Å². The summed E-state index contributed by atoms with van der Waals surface area (Å²) < 4.78 is 10.2. The third-order valence-corrected chi connectivity index (χ3v) is 2.18. The number of rotatable bonds is 4. The van der Waals surface area contributed by atoms with Gasteiger partial charge >= 0.3 is 0 Å². The van der Waals surface area contributed by atoms with E-state index >= 15 is 0 Å². The van der Waals surface area contributed by atoms with Crippen LogP contribution in [0.4, 0.5) is 0 Å². The average molecular weight is 242 g/mol. The number of hydrogen-bond acceptors (Lipinski definition) is 3. The lowest BCUT2D eigenvalue weighted by Crippen LogP contribution is -2.05. The molecule has 1 aromatic carbocycles. The minimum absolute atomic E-state index is 0.408. The lowest BCUT2D eigenvalue weighted by molar-refractivity contribution is -0.113. The SMILES string of the molecule is COc1cc(/C=C/C(N)=O)cc(Cl)c1OC. The molecule has 1 aromatic rings. The number of ether oxygens (including phenoxy) is 2. The van der Waals surface area contributed by atoms with E-state index < -0.39 is 5.91 Å². The highest BCUT2D eigenvalue weighted by Crippen LogP contribution is 2.36. The Morgan fingerprint density at radius 2 is 2.06 bits per heavy atom. The number of hydrogen-bond donors (Lipinski definition) is 1. The molecule has 0 spiro atoms. The maximum absolute atomic E-state index is 10.6. The van der Waals surface area contributed by atoms with Crippen molar-refractivity contribution in [3.05, 3.63) is 28.8 Å². The molecule has 2 N–H and O–H groups in total. The summed E-state index contributed by atoms with van der Waals surface area (Å²) in [4.78, 5) is 10.6. The van der Waals surface area contributed by atoms with E-state index in [1.807, 2.05) is 0 Å². The fourth-order valence-corrected chi connectivity index (χ4v) is 1.51. The van der Waals surface area contributed by atoms with Crippen molar-refractivity contribution < 1.29 is 14.3 Å². The standard InChI is InChI=1S/C11H12ClNO3/c1-15-9-6-7(3-4-10(13)14)5-8(12)11(9)16-2/h3-6H,1-2H3,(H2,13,14)/b4-3+. The Morgan fingerprint density at radius 3 is 2.56 bits per heavy atom. The van der Waals surface area contributed by atoms with Crippen molar-refractivity contribution in [2.24, 2.45) is 5.73 Å². The van der Waals surface area contributed by atoms with Crippen LogP contribution in [0.5, 0.6) is 11.5 Å². The van der Waals surface area contributed by atoms with Gasteiger partial charge in [0.25, 0.3) is 0 Å². The van der Waals surface area contributed by atoms with Crippen molar-refractivity contribution in [2.75, 3.05) is 14.2 Å². The molecular weight excluding hydrogens is 230 g/mol. The van der Waals surface area contributed by atoms with Gasteiger partial charge in [0, 0.05) is 6.08 Å². The van der Waals surface area contributed by atoms with Crippen LogP contribution in [0.25, 0.3) is 6.08 Å². The summed E-state index contributed by atoms with van der Waals surface area (Å²) in [7, 11) is 3.01. The first kappa shape index (κ1) is 12.4. The Balaban J connectivity index is 3.15. The van der Waals surface area contributed by atoms with Gasteiger partial charge in [-0.1, -0.05) is 11.6 Å². The number of primary amides is 1. The summed E-state index contributed by atoms with van der Waals surface area (Å²) in [5.74, 6) is 0.436. The molecule has 0 heterocycles. The van der Waals surface area contributed by atoms with Crippen LogP contribution in [0, 0.1) is 0 Å². The number of benzene rings is 1. The lowest BCUT2D eigenvalue weighted by Gasteiger charge is -2.09. The second kappa shape index (κ2) is 5.42. The molecule has 0 aromatic heterocycles. The van der Waals surface area contributed by atoms with E-state index in [4.69, 9.17) is 26.8 Å². The zero-order chi connectivity index (χ0) is 12.1. The number of carbonyl (C=O) groups is 1. The third kappa shape index (κ3) is 2.90. The van der Waals surface area contributed by atoms with Crippen molar-refractivity contribution in [3.63, 3.8) is 0 Å². The maximum atomic E-state index is 10.6. The summed E-state index contributed by atoms with van der Waals surface area (Å²) in [6.45, 7) is 0. The lowest BCUT2D eigenvalue weighted by atomic mass is 10.2. The molecule has 0 saturated heterocycles. The number of carbonyl (C=O) groups excluding carboxylic acids is 1. The molecule has 0 bridgehead atoms. The highest BCUT2D eigenvalue weighted by molar-refractivity contribution is 6.32. The maximum Gasteiger partial charge on any atom is 0.241 e. The first-order chi connectivity index (χ1) is 7.58. The van der Waals surface area contributed by atoms with Gasteiger partial charge in [0.2, 0.25) is 5.91 Å². The number of nitrogens with two attached hydrogens (primary N) is 1. The largest absolute Gasteiger partial charge is 0.493 e.